The zero-order valence-corrected chi connectivity index (χ0v) is 9.87. The SMILES string of the molecule is CC1CCC(CO)CN1c1ccc(C#N)nn1. The van der Waals surface area contributed by atoms with Gasteiger partial charge < -0.3 is 10.0 Å². The lowest BCUT2D eigenvalue weighted by Gasteiger charge is -2.37. The Kier molecular flexibility index (Phi) is 3.55. The number of aliphatic hydroxyl groups is 1. The number of nitrogens with zero attached hydrogens (tertiary/aromatic N) is 4. The van der Waals surface area contributed by atoms with Crippen LogP contribution in [0.15, 0.2) is 12.1 Å². The van der Waals surface area contributed by atoms with E-state index in [2.05, 4.69) is 22.0 Å². The van der Waals surface area contributed by atoms with Crippen LogP contribution in [-0.4, -0.2) is 34.5 Å². The van der Waals surface area contributed by atoms with Gasteiger partial charge in [-0.15, -0.1) is 10.2 Å². The summed E-state index contributed by atoms with van der Waals surface area (Å²) in [7, 11) is 0. The predicted molar refractivity (Wildman–Crippen MR) is 63.4 cm³/mol. The smallest absolute Gasteiger partial charge is 0.163 e. The average molecular weight is 232 g/mol. The summed E-state index contributed by atoms with van der Waals surface area (Å²) < 4.78 is 0. The second kappa shape index (κ2) is 5.11. The highest BCUT2D eigenvalue weighted by Gasteiger charge is 2.26. The molecule has 2 atom stereocenters. The third-order valence-electron chi connectivity index (χ3n) is 3.30. The van der Waals surface area contributed by atoms with Gasteiger partial charge in [-0.05, 0) is 37.8 Å². The van der Waals surface area contributed by atoms with Crippen LogP contribution in [0.3, 0.4) is 0 Å². The molecule has 1 aliphatic rings. The molecule has 1 aromatic heterocycles. The summed E-state index contributed by atoms with van der Waals surface area (Å²) >= 11 is 0. The molecule has 0 radical (unpaired) electrons. The third-order valence-corrected chi connectivity index (χ3v) is 3.30. The van der Waals surface area contributed by atoms with Crippen molar-refractivity contribution in [2.75, 3.05) is 18.1 Å². The van der Waals surface area contributed by atoms with Crippen LogP contribution in [0.2, 0.25) is 0 Å². The van der Waals surface area contributed by atoms with Crippen LogP contribution < -0.4 is 4.90 Å². The quantitative estimate of drug-likeness (QED) is 0.821. The van der Waals surface area contributed by atoms with Crippen LogP contribution in [0.1, 0.15) is 25.5 Å². The van der Waals surface area contributed by atoms with Gasteiger partial charge in [0.1, 0.15) is 6.07 Å². The number of aromatic nitrogens is 2. The molecule has 2 rings (SSSR count). The number of aliphatic hydroxyl groups excluding tert-OH is 1. The molecule has 5 heteroatoms. The van der Waals surface area contributed by atoms with Gasteiger partial charge in [-0.3, -0.25) is 0 Å². The maximum absolute atomic E-state index is 9.22. The molecule has 0 aromatic carbocycles. The van der Waals surface area contributed by atoms with Crippen molar-refractivity contribution in [3.8, 4) is 6.07 Å². The van der Waals surface area contributed by atoms with Crippen LogP contribution in [0.25, 0.3) is 0 Å². The van der Waals surface area contributed by atoms with E-state index >= 15 is 0 Å². The summed E-state index contributed by atoms with van der Waals surface area (Å²) in [5.41, 5.74) is 0.331. The minimum absolute atomic E-state index is 0.215. The van der Waals surface area contributed by atoms with Crippen molar-refractivity contribution in [3.63, 3.8) is 0 Å². The molecule has 5 nitrogen and oxygen atoms in total. The van der Waals surface area contributed by atoms with Gasteiger partial charge in [0.2, 0.25) is 0 Å². The molecule has 0 saturated carbocycles. The normalized spacial score (nSPS) is 24.4. The molecule has 0 spiro atoms. The van der Waals surface area contributed by atoms with E-state index < -0.39 is 0 Å². The Morgan fingerprint density at radius 3 is 2.88 bits per heavy atom. The van der Waals surface area contributed by atoms with Gasteiger partial charge in [0.25, 0.3) is 0 Å². The molecule has 1 aliphatic heterocycles. The van der Waals surface area contributed by atoms with Crippen LogP contribution in [0.4, 0.5) is 5.82 Å². The number of piperidine rings is 1. The fraction of sp³-hybridized carbons (Fsp3) is 0.583. The molecule has 0 bridgehead atoms. The Morgan fingerprint density at radius 2 is 2.29 bits per heavy atom. The maximum Gasteiger partial charge on any atom is 0.163 e. The Labute approximate surface area is 101 Å². The minimum Gasteiger partial charge on any atom is -0.396 e. The number of hydrogen-bond donors (Lipinski definition) is 1. The van der Waals surface area contributed by atoms with E-state index in [-0.39, 0.29) is 6.61 Å². The fourth-order valence-corrected chi connectivity index (χ4v) is 2.19. The molecule has 0 aliphatic carbocycles. The third kappa shape index (κ3) is 2.53. The van der Waals surface area contributed by atoms with Crippen LogP contribution in [0.5, 0.6) is 0 Å². The molecular weight excluding hydrogens is 216 g/mol. The molecular formula is C12H16N4O. The highest BCUT2D eigenvalue weighted by Crippen LogP contribution is 2.25. The maximum atomic E-state index is 9.22. The minimum atomic E-state index is 0.215. The van der Waals surface area contributed by atoms with E-state index in [9.17, 15) is 5.11 Å². The van der Waals surface area contributed by atoms with Crippen molar-refractivity contribution < 1.29 is 5.11 Å². The van der Waals surface area contributed by atoms with Crippen molar-refractivity contribution in [1.29, 1.82) is 5.26 Å². The molecule has 0 amide bonds. The van der Waals surface area contributed by atoms with Crippen molar-refractivity contribution in [2.45, 2.75) is 25.8 Å². The van der Waals surface area contributed by atoms with Crippen LogP contribution in [0, 0.1) is 17.2 Å². The number of anilines is 1. The van der Waals surface area contributed by atoms with E-state index in [1.807, 2.05) is 12.1 Å². The van der Waals surface area contributed by atoms with Crippen molar-refractivity contribution in [2.24, 2.45) is 5.92 Å². The predicted octanol–water partition coefficient (Wildman–Crippen LogP) is 0.945. The summed E-state index contributed by atoms with van der Waals surface area (Å²) in [6.45, 7) is 3.17. The van der Waals surface area contributed by atoms with Crippen molar-refractivity contribution in [3.05, 3.63) is 17.8 Å². The zero-order valence-electron chi connectivity index (χ0n) is 9.87. The van der Waals surface area contributed by atoms with Gasteiger partial charge in [0, 0.05) is 19.2 Å². The summed E-state index contributed by atoms with van der Waals surface area (Å²) in [5, 5.41) is 25.8. The summed E-state index contributed by atoms with van der Waals surface area (Å²) in [6, 6.07) is 5.86. The first-order chi connectivity index (χ1) is 8.24. The first-order valence-electron chi connectivity index (χ1n) is 5.86. The first-order valence-corrected chi connectivity index (χ1v) is 5.86. The van der Waals surface area contributed by atoms with Crippen LogP contribution >= 0.6 is 0 Å². The van der Waals surface area contributed by atoms with Gasteiger partial charge in [-0.25, -0.2) is 0 Å². The number of nitriles is 1. The largest absolute Gasteiger partial charge is 0.396 e. The van der Waals surface area contributed by atoms with E-state index in [1.165, 1.54) is 0 Å². The average Bonchev–Trinajstić information content (AvgIpc) is 2.39. The van der Waals surface area contributed by atoms with E-state index in [1.54, 1.807) is 6.07 Å². The van der Waals surface area contributed by atoms with Crippen LogP contribution in [-0.2, 0) is 0 Å². The highest BCUT2D eigenvalue weighted by molar-refractivity contribution is 5.40. The van der Waals surface area contributed by atoms with E-state index in [0.717, 1.165) is 25.2 Å². The Bertz CT molecular complexity index is 412. The molecule has 2 heterocycles. The molecule has 1 N–H and O–H groups in total. The van der Waals surface area contributed by atoms with Crippen molar-refractivity contribution in [1.82, 2.24) is 10.2 Å². The molecule has 1 fully saturated rings. The monoisotopic (exact) mass is 232 g/mol. The fourth-order valence-electron chi connectivity index (χ4n) is 2.19. The molecule has 1 aromatic rings. The van der Waals surface area contributed by atoms with Gasteiger partial charge in [-0.1, -0.05) is 0 Å². The second-order valence-corrected chi connectivity index (χ2v) is 4.52. The standard InChI is InChI=1S/C12H16N4O/c1-9-2-3-10(8-17)7-16(9)12-5-4-11(6-13)14-15-12/h4-5,9-10,17H,2-3,7-8H2,1H3. The van der Waals surface area contributed by atoms with Gasteiger partial charge in [-0.2, -0.15) is 5.26 Å². The number of rotatable bonds is 2. The summed E-state index contributed by atoms with van der Waals surface area (Å²) in [5.74, 6) is 1.10. The topological polar surface area (TPSA) is 73.0 Å². The van der Waals surface area contributed by atoms with Gasteiger partial charge >= 0.3 is 0 Å². The van der Waals surface area contributed by atoms with Gasteiger partial charge in [0.15, 0.2) is 11.5 Å². The van der Waals surface area contributed by atoms with Crippen molar-refractivity contribution >= 4 is 5.82 Å². The van der Waals surface area contributed by atoms with E-state index in [4.69, 9.17) is 5.26 Å². The Balaban J connectivity index is 2.16. The molecule has 17 heavy (non-hydrogen) atoms. The lowest BCUT2D eigenvalue weighted by Crippen LogP contribution is -2.43. The highest BCUT2D eigenvalue weighted by atomic mass is 16.3. The second-order valence-electron chi connectivity index (χ2n) is 4.52. The Hall–Kier alpha value is -1.67. The Morgan fingerprint density at radius 1 is 1.47 bits per heavy atom. The van der Waals surface area contributed by atoms with Gasteiger partial charge in [0.05, 0.1) is 0 Å². The lowest BCUT2D eigenvalue weighted by molar-refractivity contribution is 0.199. The van der Waals surface area contributed by atoms with E-state index in [0.29, 0.717) is 17.7 Å². The molecule has 2 unspecified atom stereocenters. The first kappa shape index (κ1) is 11.8. The summed E-state index contributed by atoms with van der Waals surface area (Å²) in [4.78, 5) is 2.15. The molecule has 1 saturated heterocycles. The number of hydrogen-bond acceptors (Lipinski definition) is 5. The molecule has 90 valence electrons. The summed E-state index contributed by atoms with van der Waals surface area (Å²) in [6.07, 6.45) is 2.10. The lowest BCUT2D eigenvalue weighted by atomic mass is 9.94. The zero-order chi connectivity index (χ0) is 12.3.